The molecule has 1 saturated carbocycles. The fourth-order valence-corrected chi connectivity index (χ4v) is 3.07. The van der Waals surface area contributed by atoms with E-state index in [4.69, 9.17) is 0 Å². The second-order valence-corrected chi connectivity index (χ2v) is 6.06. The van der Waals surface area contributed by atoms with Gasteiger partial charge in [0.2, 0.25) is 0 Å². The standard InChI is InChI=1S/C15H19F3O/c1-14(2)8-4-7-12(14)13(19)10-5-3-6-11(9-10)15(16,17)18/h3,5-6,9,12-13,19H,4,7-8H2,1-2H3. The molecule has 1 nitrogen and oxygen atoms in total. The second-order valence-electron chi connectivity index (χ2n) is 6.06. The lowest BCUT2D eigenvalue weighted by atomic mass is 9.76. The molecule has 1 fully saturated rings. The van der Waals surface area contributed by atoms with Crippen molar-refractivity contribution >= 4 is 0 Å². The monoisotopic (exact) mass is 272 g/mol. The zero-order chi connectivity index (χ0) is 14.3. The van der Waals surface area contributed by atoms with Gasteiger partial charge in [0, 0.05) is 0 Å². The minimum atomic E-state index is -4.36. The predicted octanol–water partition coefficient (Wildman–Crippen LogP) is 4.57. The summed E-state index contributed by atoms with van der Waals surface area (Å²) in [4.78, 5) is 0. The van der Waals surface area contributed by atoms with E-state index < -0.39 is 17.8 Å². The Labute approximate surface area is 111 Å². The quantitative estimate of drug-likeness (QED) is 0.836. The van der Waals surface area contributed by atoms with Gasteiger partial charge in [0.15, 0.2) is 0 Å². The molecule has 2 rings (SSSR count). The smallest absolute Gasteiger partial charge is 0.388 e. The molecule has 106 valence electrons. The van der Waals surface area contributed by atoms with E-state index >= 15 is 0 Å². The predicted molar refractivity (Wildman–Crippen MR) is 67.5 cm³/mol. The van der Waals surface area contributed by atoms with Crippen molar-refractivity contribution in [2.75, 3.05) is 0 Å². The van der Waals surface area contributed by atoms with E-state index in [1.807, 2.05) is 0 Å². The van der Waals surface area contributed by atoms with Crippen molar-refractivity contribution in [3.63, 3.8) is 0 Å². The van der Waals surface area contributed by atoms with Gasteiger partial charge in [0.1, 0.15) is 0 Å². The van der Waals surface area contributed by atoms with E-state index in [0.717, 1.165) is 31.4 Å². The molecule has 1 aliphatic carbocycles. The first-order chi connectivity index (χ1) is 8.72. The van der Waals surface area contributed by atoms with Gasteiger partial charge in [-0.2, -0.15) is 13.2 Å². The molecule has 0 aromatic heterocycles. The molecule has 2 unspecified atom stereocenters. The number of rotatable bonds is 2. The van der Waals surface area contributed by atoms with Gasteiger partial charge in [-0.25, -0.2) is 0 Å². The van der Waals surface area contributed by atoms with E-state index in [0.29, 0.717) is 5.56 Å². The highest BCUT2D eigenvalue weighted by Gasteiger charge is 2.40. The van der Waals surface area contributed by atoms with Crippen LogP contribution in [0.1, 0.15) is 50.3 Å². The Hall–Kier alpha value is -1.03. The Balaban J connectivity index is 2.27. The highest BCUT2D eigenvalue weighted by molar-refractivity contribution is 5.28. The molecule has 19 heavy (non-hydrogen) atoms. The van der Waals surface area contributed by atoms with E-state index in [-0.39, 0.29) is 11.3 Å². The molecule has 0 aliphatic heterocycles. The maximum atomic E-state index is 12.7. The molecular formula is C15H19F3O. The van der Waals surface area contributed by atoms with E-state index in [1.165, 1.54) is 6.07 Å². The molecule has 0 saturated heterocycles. The number of aliphatic hydroxyl groups is 1. The first-order valence-corrected chi connectivity index (χ1v) is 6.57. The lowest BCUT2D eigenvalue weighted by Crippen LogP contribution is -2.24. The molecule has 1 aromatic rings. The summed E-state index contributed by atoms with van der Waals surface area (Å²) >= 11 is 0. The average Bonchev–Trinajstić information content (AvgIpc) is 2.67. The lowest BCUT2D eigenvalue weighted by molar-refractivity contribution is -0.137. The fourth-order valence-electron chi connectivity index (χ4n) is 3.07. The molecule has 0 heterocycles. The van der Waals surface area contributed by atoms with Gasteiger partial charge >= 0.3 is 6.18 Å². The van der Waals surface area contributed by atoms with Crippen LogP contribution in [0.2, 0.25) is 0 Å². The van der Waals surface area contributed by atoms with Crippen LogP contribution in [0.3, 0.4) is 0 Å². The van der Waals surface area contributed by atoms with Crippen molar-refractivity contribution in [3.05, 3.63) is 35.4 Å². The van der Waals surface area contributed by atoms with Crippen LogP contribution in [0.15, 0.2) is 24.3 Å². The van der Waals surface area contributed by atoms with Gasteiger partial charge in [-0.3, -0.25) is 0 Å². The third-order valence-electron chi connectivity index (χ3n) is 4.28. The Morgan fingerprint density at radius 3 is 2.53 bits per heavy atom. The summed E-state index contributed by atoms with van der Waals surface area (Å²) in [7, 11) is 0. The molecule has 1 N–H and O–H groups in total. The summed E-state index contributed by atoms with van der Waals surface area (Å²) in [5.41, 5.74) is -0.345. The SMILES string of the molecule is CC1(C)CCCC1C(O)c1cccc(C(F)(F)F)c1. The second kappa shape index (κ2) is 4.82. The van der Waals surface area contributed by atoms with Crippen LogP contribution < -0.4 is 0 Å². The zero-order valence-corrected chi connectivity index (χ0v) is 11.2. The number of alkyl halides is 3. The lowest BCUT2D eigenvalue weighted by Gasteiger charge is -2.31. The van der Waals surface area contributed by atoms with Gasteiger partial charge in [-0.15, -0.1) is 0 Å². The Bertz CT molecular complexity index is 451. The van der Waals surface area contributed by atoms with Crippen molar-refractivity contribution in [2.24, 2.45) is 11.3 Å². The van der Waals surface area contributed by atoms with Gasteiger partial charge in [-0.05, 0) is 41.9 Å². The number of hydrogen-bond acceptors (Lipinski definition) is 1. The fraction of sp³-hybridized carbons (Fsp3) is 0.600. The van der Waals surface area contributed by atoms with Gasteiger partial charge in [0.05, 0.1) is 11.7 Å². The first kappa shape index (κ1) is 14.4. The summed E-state index contributed by atoms with van der Waals surface area (Å²) in [5.74, 6) is 0.0241. The Kier molecular flexibility index (Phi) is 3.65. The molecule has 2 atom stereocenters. The van der Waals surface area contributed by atoms with Crippen molar-refractivity contribution in [2.45, 2.75) is 45.4 Å². The summed E-state index contributed by atoms with van der Waals surface area (Å²) in [6.45, 7) is 4.14. The molecule has 1 aromatic carbocycles. The molecule has 0 radical (unpaired) electrons. The number of aliphatic hydroxyl groups excluding tert-OH is 1. The highest BCUT2D eigenvalue weighted by Crippen LogP contribution is 2.48. The molecule has 1 aliphatic rings. The molecule has 0 amide bonds. The third kappa shape index (κ3) is 2.94. The summed E-state index contributed by atoms with van der Waals surface area (Å²) < 4.78 is 38.0. The minimum Gasteiger partial charge on any atom is -0.388 e. The highest BCUT2D eigenvalue weighted by atomic mass is 19.4. The number of halogens is 3. The van der Waals surface area contributed by atoms with E-state index in [2.05, 4.69) is 13.8 Å². The Morgan fingerprint density at radius 2 is 2.00 bits per heavy atom. The third-order valence-corrected chi connectivity index (χ3v) is 4.28. The van der Waals surface area contributed by atoms with Gasteiger partial charge in [-0.1, -0.05) is 32.4 Å². The molecule has 0 spiro atoms. The van der Waals surface area contributed by atoms with Crippen molar-refractivity contribution in [1.29, 1.82) is 0 Å². The minimum absolute atomic E-state index is 0.0202. The van der Waals surface area contributed by atoms with Crippen molar-refractivity contribution in [3.8, 4) is 0 Å². The van der Waals surface area contributed by atoms with Crippen LogP contribution in [0.25, 0.3) is 0 Å². The number of hydrogen-bond donors (Lipinski definition) is 1. The largest absolute Gasteiger partial charge is 0.416 e. The topological polar surface area (TPSA) is 20.2 Å². The van der Waals surface area contributed by atoms with Gasteiger partial charge in [0.25, 0.3) is 0 Å². The van der Waals surface area contributed by atoms with E-state index in [9.17, 15) is 18.3 Å². The summed E-state index contributed by atoms with van der Waals surface area (Å²) in [6.07, 6.45) is -2.29. The van der Waals surface area contributed by atoms with Crippen molar-refractivity contribution < 1.29 is 18.3 Å². The molecule has 0 bridgehead atoms. The van der Waals surface area contributed by atoms with Crippen LogP contribution in [0, 0.1) is 11.3 Å². The van der Waals surface area contributed by atoms with Gasteiger partial charge < -0.3 is 5.11 Å². The zero-order valence-electron chi connectivity index (χ0n) is 11.2. The van der Waals surface area contributed by atoms with Crippen LogP contribution in [-0.2, 0) is 6.18 Å². The normalized spacial score (nSPS) is 24.4. The first-order valence-electron chi connectivity index (χ1n) is 6.57. The maximum Gasteiger partial charge on any atom is 0.416 e. The summed E-state index contributed by atoms with van der Waals surface area (Å²) in [5, 5.41) is 10.4. The molecule has 4 heteroatoms. The molecular weight excluding hydrogens is 253 g/mol. The average molecular weight is 272 g/mol. The maximum absolute atomic E-state index is 12.7. The van der Waals surface area contributed by atoms with Crippen LogP contribution in [0.5, 0.6) is 0 Å². The van der Waals surface area contributed by atoms with E-state index in [1.54, 1.807) is 6.07 Å². The Morgan fingerprint density at radius 1 is 1.32 bits per heavy atom. The van der Waals surface area contributed by atoms with Crippen LogP contribution in [0.4, 0.5) is 13.2 Å². The van der Waals surface area contributed by atoms with Crippen LogP contribution >= 0.6 is 0 Å². The van der Waals surface area contributed by atoms with Crippen molar-refractivity contribution in [1.82, 2.24) is 0 Å². The number of benzene rings is 1. The summed E-state index contributed by atoms with van der Waals surface area (Å²) in [6, 6.07) is 5.05. The van der Waals surface area contributed by atoms with Crippen LogP contribution in [-0.4, -0.2) is 5.11 Å².